The van der Waals surface area contributed by atoms with Gasteiger partial charge in [0.2, 0.25) is 0 Å². The lowest BCUT2D eigenvalue weighted by atomic mass is 10.2. The maximum atomic E-state index is 4.16. The molecule has 1 aromatic carbocycles. The highest BCUT2D eigenvalue weighted by atomic mass is 28.3. The molecule has 0 N–H and O–H groups in total. The summed E-state index contributed by atoms with van der Waals surface area (Å²) in [5.74, 6) is 0. The Hall–Kier alpha value is -1.08. The minimum Gasteiger partial charge on any atom is -0.107 e. The molecule has 0 atom stereocenters. The molecule has 0 aliphatic rings. The molecule has 1 heteroatoms. The summed E-state index contributed by atoms with van der Waals surface area (Å²) in [4.78, 5) is 0. The lowest BCUT2D eigenvalue weighted by Crippen LogP contribution is -2.24. The van der Waals surface area contributed by atoms with Crippen LogP contribution in [0.3, 0.4) is 0 Å². The van der Waals surface area contributed by atoms with E-state index >= 15 is 0 Å². The minimum absolute atomic E-state index is 1.25. The molecule has 0 radical (unpaired) electrons. The molecule has 0 fully saturated rings. The zero-order valence-electron chi connectivity index (χ0n) is 8.38. The summed E-state index contributed by atoms with van der Waals surface area (Å²) in [6, 6.07) is 10.3. The second-order valence-corrected chi connectivity index (χ2v) is 8.23. The van der Waals surface area contributed by atoms with Crippen molar-refractivity contribution in [3.05, 3.63) is 54.8 Å². The Bertz CT molecular complexity index is 309. The topological polar surface area (TPSA) is 0 Å². The van der Waals surface area contributed by atoms with Crippen molar-refractivity contribution < 1.29 is 0 Å². The van der Waals surface area contributed by atoms with Crippen LogP contribution in [0.4, 0.5) is 0 Å². The van der Waals surface area contributed by atoms with E-state index in [2.05, 4.69) is 44.1 Å². The van der Waals surface area contributed by atoms with Crippen molar-refractivity contribution in [1.29, 1.82) is 0 Å². The molecule has 1 aromatic rings. The van der Waals surface area contributed by atoms with E-state index in [-0.39, 0.29) is 0 Å². The molecule has 0 heterocycles. The van der Waals surface area contributed by atoms with E-state index in [1.165, 1.54) is 10.8 Å². The molecule has 13 heavy (non-hydrogen) atoms. The Labute approximate surface area is 81.6 Å². The average molecular weight is 188 g/mol. The third kappa shape index (κ3) is 2.19. The van der Waals surface area contributed by atoms with Gasteiger partial charge >= 0.3 is 0 Å². The van der Waals surface area contributed by atoms with Crippen LogP contribution in [0.5, 0.6) is 0 Å². The van der Waals surface area contributed by atoms with E-state index in [1.54, 1.807) is 0 Å². The van der Waals surface area contributed by atoms with Crippen LogP contribution in [0.1, 0.15) is 5.56 Å². The quantitative estimate of drug-likeness (QED) is 0.635. The summed E-state index contributed by atoms with van der Waals surface area (Å²) in [5.41, 5.74) is 3.32. The van der Waals surface area contributed by atoms with Crippen molar-refractivity contribution in [2.45, 2.75) is 13.1 Å². The monoisotopic (exact) mass is 188 g/mol. The molecular formula is C12H16Si. The summed E-state index contributed by atoms with van der Waals surface area (Å²) < 4.78 is 0. The van der Waals surface area contributed by atoms with Crippen LogP contribution in [0.15, 0.2) is 49.2 Å². The van der Waals surface area contributed by atoms with Gasteiger partial charge in [0.1, 0.15) is 8.07 Å². The first kappa shape index (κ1) is 10.0. The van der Waals surface area contributed by atoms with Crippen molar-refractivity contribution in [1.82, 2.24) is 0 Å². The first-order valence-electron chi connectivity index (χ1n) is 4.46. The highest BCUT2D eigenvalue weighted by Crippen LogP contribution is 2.24. The summed E-state index contributed by atoms with van der Waals surface area (Å²) in [5, 5.41) is 1.25. The Morgan fingerprint density at radius 1 is 1.23 bits per heavy atom. The fourth-order valence-electron chi connectivity index (χ4n) is 1.13. The first-order chi connectivity index (χ1) is 6.08. The molecule has 0 aliphatic heterocycles. The number of hydrogen-bond donors (Lipinski definition) is 0. The highest BCUT2D eigenvalue weighted by Gasteiger charge is 2.20. The predicted octanol–water partition coefficient (Wildman–Crippen LogP) is 3.67. The molecular weight excluding hydrogens is 172 g/mol. The maximum Gasteiger partial charge on any atom is 0.103 e. The summed E-state index contributed by atoms with van der Waals surface area (Å²) >= 11 is 0. The molecule has 0 amide bonds. The second-order valence-electron chi connectivity index (χ2n) is 3.77. The fraction of sp³-hybridized carbons (Fsp3) is 0.167. The van der Waals surface area contributed by atoms with Crippen LogP contribution in [0.2, 0.25) is 13.1 Å². The largest absolute Gasteiger partial charge is 0.107 e. The van der Waals surface area contributed by atoms with Crippen LogP contribution in [0, 0.1) is 0 Å². The molecule has 0 nitrogen and oxygen atoms in total. The van der Waals surface area contributed by atoms with Gasteiger partial charge in [0.25, 0.3) is 0 Å². The Morgan fingerprint density at radius 2 is 1.77 bits per heavy atom. The fourth-order valence-corrected chi connectivity index (χ4v) is 2.29. The van der Waals surface area contributed by atoms with Gasteiger partial charge in [-0.05, 0) is 5.56 Å². The van der Waals surface area contributed by atoms with Gasteiger partial charge in [-0.1, -0.05) is 60.9 Å². The lowest BCUT2D eigenvalue weighted by Gasteiger charge is -2.20. The molecule has 0 saturated heterocycles. The standard InChI is InChI=1S/C12H16Si/c1-5-13(3,4)11(2)12-9-7-6-8-10-12/h5-10H,1-2H2,3-4H3. The van der Waals surface area contributed by atoms with Crippen LogP contribution in [-0.2, 0) is 0 Å². The first-order valence-corrected chi connectivity index (χ1v) is 7.54. The van der Waals surface area contributed by atoms with Gasteiger partial charge in [-0.2, -0.15) is 0 Å². The normalized spacial score (nSPS) is 10.9. The number of benzene rings is 1. The van der Waals surface area contributed by atoms with E-state index in [0.29, 0.717) is 0 Å². The van der Waals surface area contributed by atoms with Gasteiger partial charge in [-0.25, -0.2) is 0 Å². The molecule has 1 rings (SSSR count). The van der Waals surface area contributed by atoms with Crippen molar-refractivity contribution in [3.63, 3.8) is 0 Å². The highest BCUT2D eigenvalue weighted by molar-refractivity contribution is 6.98. The predicted molar refractivity (Wildman–Crippen MR) is 63.2 cm³/mol. The molecule has 0 bridgehead atoms. The maximum absolute atomic E-state index is 4.16. The van der Waals surface area contributed by atoms with Crippen molar-refractivity contribution in [2.24, 2.45) is 0 Å². The second kappa shape index (κ2) is 3.75. The van der Waals surface area contributed by atoms with Crippen molar-refractivity contribution >= 4 is 13.3 Å². The summed E-state index contributed by atoms with van der Waals surface area (Å²) in [6.07, 6.45) is 0. The van der Waals surface area contributed by atoms with Gasteiger partial charge < -0.3 is 0 Å². The van der Waals surface area contributed by atoms with Crippen molar-refractivity contribution in [2.75, 3.05) is 0 Å². The average Bonchev–Trinajstić information content (AvgIpc) is 2.18. The van der Waals surface area contributed by atoms with Crippen LogP contribution >= 0.6 is 0 Å². The smallest absolute Gasteiger partial charge is 0.103 e. The van der Waals surface area contributed by atoms with E-state index in [1.807, 2.05) is 18.2 Å². The Balaban J connectivity index is 2.99. The van der Waals surface area contributed by atoms with Gasteiger partial charge in [0.05, 0.1) is 0 Å². The zero-order chi connectivity index (χ0) is 9.90. The van der Waals surface area contributed by atoms with Gasteiger partial charge in [0.15, 0.2) is 0 Å². The van der Waals surface area contributed by atoms with E-state index < -0.39 is 8.07 Å². The van der Waals surface area contributed by atoms with Gasteiger partial charge in [-0.15, -0.1) is 6.58 Å². The molecule has 0 unspecified atom stereocenters. The van der Waals surface area contributed by atoms with Crippen LogP contribution in [0.25, 0.3) is 5.20 Å². The lowest BCUT2D eigenvalue weighted by molar-refractivity contribution is 1.63. The zero-order valence-corrected chi connectivity index (χ0v) is 9.38. The van der Waals surface area contributed by atoms with E-state index in [0.717, 1.165) is 0 Å². The minimum atomic E-state index is -1.45. The van der Waals surface area contributed by atoms with Crippen molar-refractivity contribution in [3.8, 4) is 0 Å². The third-order valence-corrected chi connectivity index (χ3v) is 5.28. The third-order valence-electron chi connectivity index (χ3n) is 2.41. The van der Waals surface area contributed by atoms with Gasteiger partial charge in [0, 0.05) is 0 Å². The molecule has 68 valence electrons. The SMILES string of the molecule is C=C[Si](C)(C)C(=C)c1ccccc1. The van der Waals surface area contributed by atoms with Crippen LogP contribution in [-0.4, -0.2) is 8.07 Å². The number of hydrogen-bond acceptors (Lipinski definition) is 0. The molecule has 0 aliphatic carbocycles. The molecule has 0 aromatic heterocycles. The van der Waals surface area contributed by atoms with E-state index in [9.17, 15) is 0 Å². The summed E-state index contributed by atoms with van der Waals surface area (Å²) in [6.45, 7) is 12.6. The van der Waals surface area contributed by atoms with E-state index in [4.69, 9.17) is 0 Å². The van der Waals surface area contributed by atoms with Gasteiger partial charge in [-0.3, -0.25) is 0 Å². The Morgan fingerprint density at radius 3 is 2.23 bits per heavy atom. The molecule has 0 spiro atoms. The van der Waals surface area contributed by atoms with Crippen LogP contribution < -0.4 is 0 Å². The number of rotatable bonds is 3. The summed E-state index contributed by atoms with van der Waals surface area (Å²) in [7, 11) is -1.45. The molecule has 0 saturated carbocycles. The Kier molecular flexibility index (Phi) is 2.89.